The number of aliphatic imine (C=N–C) groups is 1. The van der Waals surface area contributed by atoms with Crippen molar-refractivity contribution in [2.75, 3.05) is 12.4 Å². The monoisotopic (exact) mass is 451 g/mol. The molecule has 0 bridgehead atoms. The zero-order valence-corrected chi connectivity index (χ0v) is 15.7. The summed E-state index contributed by atoms with van der Waals surface area (Å²) in [6.45, 7) is 0.472. The van der Waals surface area contributed by atoms with Gasteiger partial charge in [0.2, 0.25) is 0 Å². The number of methoxy groups -OCH3 is 1. The fourth-order valence-electron chi connectivity index (χ4n) is 1.70. The second-order valence-electron chi connectivity index (χ2n) is 4.30. The van der Waals surface area contributed by atoms with Gasteiger partial charge in [-0.3, -0.25) is 0 Å². The quantitative estimate of drug-likeness (QED) is 0.407. The van der Waals surface area contributed by atoms with Gasteiger partial charge in [0.15, 0.2) is 5.96 Å². The molecule has 22 heavy (non-hydrogen) atoms. The third kappa shape index (κ3) is 5.55. The third-order valence-electron chi connectivity index (χ3n) is 2.77. The molecule has 2 aromatic carbocycles. The molecule has 0 amide bonds. The van der Waals surface area contributed by atoms with Gasteiger partial charge in [-0.1, -0.05) is 35.3 Å². The molecule has 2 rings (SSSR count). The van der Waals surface area contributed by atoms with Crippen molar-refractivity contribution in [2.45, 2.75) is 6.54 Å². The highest BCUT2D eigenvalue weighted by molar-refractivity contribution is 14.0. The van der Waals surface area contributed by atoms with E-state index in [4.69, 9.17) is 33.7 Å². The van der Waals surface area contributed by atoms with Gasteiger partial charge in [-0.15, -0.1) is 24.0 Å². The van der Waals surface area contributed by atoms with Crippen LogP contribution in [0.15, 0.2) is 47.5 Å². The third-order valence-corrected chi connectivity index (χ3v) is 3.32. The fraction of sp³-hybridized carbons (Fsp3) is 0.133. The minimum Gasteiger partial charge on any atom is -0.495 e. The highest BCUT2D eigenvalue weighted by Gasteiger charge is 2.02. The molecule has 0 aliphatic carbocycles. The van der Waals surface area contributed by atoms with Gasteiger partial charge < -0.3 is 15.8 Å². The van der Waals surface area contributed by atoms with Crippen molar-refractivity contribution < 1.29 is 4.74 Å². The van der Waals surface area contributed by atoms with Crippen molar-refractivity contribution in [3.05, 3.63) is 58.1 Å². The van der Waals surface area contributed by atoms with Crippen LogP contribution in [0.1, 0.15) is 5.56 Å². The second kappa shape index (κ2) is 9.07. The lowest BCUT2D eigenvalue weighted by molar-refractivity contribution is 0.415. The van der Waals surface area contributed by atoms with Crippen LogP contribution in [0.5, 0.6) is 5.75 Å². The van der Waals surface area contributed by atoms with Gasteiger partial charge in [0.05, 0.1) is 18.7 Å². The van der Waals surface area contributed by atoms with Crippen LogP contribution in [0.25, 0.3) is 0 Å². The predicted molar refractivity (Wildman–Crippen MR) is 104 cm³/mol. The van der Waals surface area contributed by atoms with Crippen LogP contribution in [0.2, 0.25) is 10.0 Å². The van der Waals surface area contributed by atoms with Crippen LogP contribution < -0.4 is 15.8 Å². The Bertz CT molecular complexity index is 648. The highest BCUT2D eigenvalue weighted by Crippen LogP contribution is 2.27. The Morgan fingerprint density at radius 2 is 1.86 bits per heavy atom. The first kappa shape index (κ1) is 18.9. The van der Waals surface area contributed by atoms with Gasteiger partial charge in [-0.25, -0.2) is 4.99 Å². The Labute approximate surface area is 156 Å². The van der Waals surface area contributed by atoms with Crippen LogP contribution >= 0.6 is 47.2 Å². The van der Waals surface area contributed by atoms with Crippen molar-refractivity contribution in [3.63, 3.8) is 0 Å². The average Bonchev–Trinajstić information content (AvgIpc) is 2.47. The summed E-state index contributed by atoms with van der Waals surface area (Å²) in [4.78, 5) is 4.26. The number of guanidine groups is 1. The number of hydrogen-bond donors (Lipinski definition) is 2. The van der Waals surface area contributed by atoms with Gasteiger partial charge in [-0.05, 0) is 35.9 Å². The summed E-state index contributed by atoms with van der Waals surface area (Å²) in [5.41, 5.74) is 7.62. The van der Waals surface area contributed by atoms with Gasteiger partial charge in [-0.2, -0.15) is 0 Å². The number of nitrogens with zero attached hydrogens (tertiary/aromatic N) is 1. The zero-order valence-electron chi connectivity index (χ0n) is 11.8. The SMILES string of the molecule is COc1ccc(NC(N)=NCc2ccc(Cl)cc2)cc1Cl.I. The molecular weight excluding hydrogens is 436 g/mol. The fourth-order valence-corrected chi connectivity index (χ4v) is 2.08. The first-order chi connectivity index (χ1) is 10.1. The van der Waals surface area contributed by atoms with E-state index in [1.807, 2.05) is 30.3 Å². The maximum Gasteiger partial charge on any atom is 0.193 e. The Morgan fingerprint density at radius 3 is 2.45 bits per heavy atom. The van der Waals surface area contributed by atoms with Crippen LogP contribution in [0.3, 0.4) is 0 Å². The molecular formula is C15H16Cl2IN3O. The van der Waals surface area contributed by atoms with E-state index in [9.17, 15) is 0 Å². The molecule has 0 unspecified atom stereocenters. The van der Waals surface area contributed by atoms with Crippen molar-refractivity contribution >= 4 is 58.8 Å². The molecule has 0 aromatic heterocycles. The number of ether oxygens (including phenoxy) is 1. The van der Waals surface area contributed by atoms with Gasteiger partial charge >= 0.3 is 0 Å². The highest BCUT2D eigenvalue weighted by atomic mass is 127. The van der Waals surface area contributed by atoms with E-state index >= 15 is 0 Å². The molecule has 4 nitrogen and oxygen atoms in total. The van der Waals surface area contributed by atoms with E-state index in [1.54, 1.807) is 19.2 Å². The number of nitrogens with two attached hydrogens (primary N) is 1. The molecule has 0 atom stereocenters. The number of nitrogens with one attached hydrogen (secondary N) is 1. The summed E-state index contributed by atoms with van der Waals surface area (Å²) in [6.07, 6.45) is 0. The molecule has 0 radical (unpaired) electrons. The van der Waals surface area contributed by atoms with E-state index in [2.05, 4.69) is 10.3 Å². The molecule has 118 valence electrons. The van der Waals surface area contributed by atoms with E-state index in [-0.39, 0.29) is 24.0 Å². The van der Waals surface area contributed by atoms with E-state index in [0.29, 0.717) is 28.3 Å². The maximum absolute atomic E-state index is 6.04. The number of benzene rings is 2. The lowest BCUT2D eigenvalue weighted by Gasteiger charge is -2.08. The van der Waals surface area contributed by atoms with Crippen molar-refractivity contribution in [1.29, 1.82) is 0 Å². The van der Waals surface area contributed by atoms with E-state index in [1.165, 1.54) is 0 Å². The molecule has 0 fully saturated rings. The Balaban J connectivity index is 0.00000242. The summed E-state index contributed by atoms with van der Waals surface area (Å²) in [6, 6.07) is 12.8. The molecule has 0 spiro atoms. The summed E-state index contributed by atoms with van der Waals surface area (Å²) >= 11 is 11.9. The van der Waals surface area contributed by atoms with Crippen molar-refractivity contribution in [2.24, 2.45) is 10.7 Å². The zero-order chi connectivity index (χ0) is 15.2. The summed E-state index contributed by atoms with van der Waals surface area (Å²) in [5, 5.41) is 4.18. The second-order valence-corrected chi connectivity index (χ2v) is 5.15. The van der Waals surface area contributed by atoms with Crippen LogP contribution in [-0.4, -0.2) is 13.1 Å². The first-order valence-electron chi connectivity index (χ1n) is 6.23. The van der Waals surface area contributed by atoms with E-state index in [0.717, 1.165) is 11.3 Å². The van der Waals surface area contributed by atoms with Crippen LogP contribution in [0, 0.1) is 0 Å². The lowest BCUT2D eigenvalue weighted by atomic mass is 10.2. The lowest BCUT2D eigenvalue weighted by Crippen LogP contribution is -2.22. The number of anilines is 1. The Hall–Kier alpha value is -1.18. The normalized spacial score (nSPS) is 10.8. The minimum atomic E-state index is 0. The van der Waals surface area contributed by atoms with Crippen molar-refractivity contribution in [3.8, 4) is 5.75 Å². The largest absolute Gasteiger partial charge is 0.495 e. The maximum atomic E-state index is 6.04. The number of hydrogen-bond acceptors (Lipinski definition) is 2. The predicted octanol–water partition coefficient (Wildman–Crippen LogP) is 4.55. The number of rotatable bonds is 4. The molecule has 3 N–H and O–H groups in total. The minimum absolute atomic E-state index is 0. The summed E-state index contributed by atoms with van der Waals surface area (Å²) in [7, 11) is 1.57. The van der Waals surface area contributed by atoms with Gasteiger partial charge in [0, 0.05) is 10.7 Å². The first-order valence-corrected chi connectivity index (χ1v) is 6.99. The number of halogens is 3. The van der Waals surface area contributed by atoms with E-state index < -0.39 is 0 Å². The molecule has 0 saturated heterocycles. The molecule has 2 aromatic rings. The van der Waals surface area contributed by atoms with Crippen molar-refractivity contribution in [1.82, 2.24) is 0 Å². The van der Waals surface area contributed by atoms with Gasteiger partial charge in [0.1, 0.15) is 5.75 Å². The molecule has 0 heterocycles. The smallest absolute Gasteiger partial charge is 0.193 e. The van der Waals surface area contributed by atoms with Gasteiger partial charge in [0.25, 0.3) is 0 Å². The summed E-state index contributed by atoms with van der Waals surface area (Å²) < 4.78 is 5.09. The average molecular weight is 452 g/mol. The summed E-state index contributed by atoms with van der Waals surface area (Å²) in [5.74, 6) is 0.921. The van der Waals surface area contributed by atoms with Crippen LogP contribution in [-0.2, 0) is 6.54 Å². The molecule has 0 aliphatic heterocycles. The molecule has 0 aliphatic rings. The Kier molecular flexibility index (Phi) is 7.78. The Morgan fingerprint density at radius 1 is 1.18 bits per heavy atom. The standard InChI is InChI=1S/C15H15Cl2N3O.HI/c1-21-14-7-6-12(8-13(14)17)20-15(18)19-9-10-2-4-11(16)5-3-10;/h2-8H,9H2,1H3,(H3,18,19,20);1H. The topological polar surface area (TPSA) is 59.6 Å². The molecule has 7 heteroatoms. The molecule has 0 saturated carbocycles. The van der Waals surface area contributed by atoms with Crippen LogP contribution in [0.4, 0.5) is 5.69 Å².